The van der Waals surface area contributed by atoms with E-state index in [0.717, 1.165) is 37.1 Å². The highest BCUT2D eigenvalue weighted by atomic mass is 19.1. The first-order chi connectivity index (χ1) is 11.2. The van der Waals surface area contributed by atoms with Crippen LogP contribution in [0.2, 0.25) is 0 Å². The predicted molar refractivity (Wildman–Crippen MR) is 86.1 cm³/mol. The Kier molecular flexibility index (Phi) is 5.00. The molecular weight excluding hydrogens is 297 g/mol. The van der Waals surface area contributed by atoms with Crippen LogP contribution in [-0.2, 0) is 0 Å². The van der Waals surface area contributed by atoms with Crippen molar-refractivity contribution < 1.29 is 13.9 Å². The molecule has 2 aliphatic heterocycles. The number of likely N-dealkylation sites (tertiary alicyclic amines) is 1. The minimum absolute atomic E-state index is 0.00700. The smallest absolute Gasteiger partial charge is 0.317 e. The lowest BCUT2D eigenvalue weighted by Gasteiger charge is -2.23. The molecule has 0 aliphatic carbocycles. The van der Waals surface area contributed by atoms with Crippen LogP contribution in [0.15, 0.2) is 18.2 Å². The molecule has 2 heterocycles. The molecule has 2 aliphatic rings. The molecule has 1 aromatic rings. The zero-order valence-corrected chi connectivity index (χ0v) is 13.5. The average molecular weight is 321 g/mol. The van der Waals surface area contributed by atoms with Gasteiger partial charge in [0, 0.05) is 37.3 Å². The standard InChI is InChI=1S/C17H24FN3O2/c1-2-19-17(22)21-8-7-13(11-21)20-15-4-3-9-23-16-6-5-12(18)10-14(15)16/h5-6,10,13,15,20H,2-4,7-9,11H2,1H3,(H,19,22)/t13-,15-/m0/s1. The Balaban J connectivity index is 1.67. The molecule has 2 atom stereocenters. The summed E-state index contributed by atoms with van der Waals surface area (Å²) >= 11 is 0. The fourth-order valence-electron chi connectivity index (χ4n) is 3.35. The second-order valence-corrected chi connectivity index (χ2v) is 6.16. The third kappa shape index (κ3) is 3.75. The van der Waals surface area contributed by atoms with E-state index >= 15 is 0 Å². The monoisotopic (exact) mass is 321 g/mol. The molecule has 1 aromatic carbocycles. The number of nitrogens with zero attached hydrogens (tertiary/aromatic N) is 1. The van der Waals surface area contributed by atoms with Gasteiger partial charge in [-0.25, -0.2) is 9.18 Å². The van der Waals surface area contributed by atoms with E-state index in [2.05, 4.69) is 10.6 Å². The zero-order valence-electron chi connectivity index (χ0n) is 13.5. The summed E-state index contributed by atoms with van der Waals surface area (Å²) < 4.78 is 19.3. The number of fused-ring (bicyclic) bond motifs is 1. The van der Waals surface area contributed by atoms with Crippen LogP contribution in [0.1, 0.15) is 37.8 Å². The van der Waals surface area contributed by atoms with E-state index in [4.69, 9.17) is 4.74 Å². The van der Waals surface area contributed by atoms with E-state index in [9.17, 15) is 9.18 Å². The first-order valence-electron chi connectivity index (χ1n) is 8.38. The summed E-state index contributed by atoms with van der Waals surface area (Å²) in [6.45, 7) is 4.66. The van der Waals surface area contributed by atoms with Crippen molar-refractivity contribution in [2.24, 2.45) is 0 Å². The summed E-state index contributed by atoms with van der Waals surface area (Å²) in [6.07, 6.45) is 2.76. The topological polar surface area (TPSA) is 53.6 Å². The molecule has 0 radical (unpaired) electrons. The van der Waals surface area contributed by atoms with Crippen LogP contribution in [0.3, 0.4) is 0 Å². The minimum atomic E-state index is -0.239. The Labute approximate surface area is 136 Å². The number of carbonyl (C=O) groups excluding carboxylic acids is 1. The van der Waals surface area contributed by atoms with Crippen molar-refractivity contribution in [1.29, 1.82) is 0 Å². The summed E-state index contributed by atoms with van der Waals surface area (Å²) in [5.41, 5.74) is 0.888. The average Bonchev–Trinajstić information content (AvgIpc) is 2.91. The fourth-order valence-corrected chi connectivity index (χ4v) is 3.35. The van der Waals surface area contributed by atoms with E-state index < -0.39 is 0 Å². The molecule has 126 valence electrons. The molecule has 0 spiro atoms. The number of hydrogen-bond donors (Lipinski definition) is 2. The molecule has 1 fully saturated rings. The van der Waals surface area contributed by atoms with Gasteiger partial charge in [-0.15, -0.1) is 0 Å². The fraction of sp³-hybridized carbons (Fsp3) is 0.588. The van der Waals surface area contributed by atoms with E-state index in [1.54, 1.807) is 12.1 Å². The number of halogens is 1. The van der Waals surface area contributed by atoms with Crippen LogP contribution in [0.5, 0.6) is 5.75 Å². The Bertz CT molecular complexity index is 567. The van der Waals surface area contributed by atoms with Crippen molar-refractivity contribution in [3.05, 3.63) is 29.6 Å². The van der Waals surface area contributed by atoms with E-state index in [1.165, 1.54) is 6.07 Å². The molecule has 0 unspecified atom stereocenters. The van der Waals surface area contributed by atoms with Crippen molar-refractivity contribution in [3.63, 3.8) is 0 Å². The van der Waals surface area contributed by atoms with Gasteiger partial charge in [-0.1, -0.05) is 0 Å². The van der Waals surface area contributed by atoms with Gasteiger partial charge in [0.2, 0.25) is 0 Å². The van der Waals surface area contributed by atoms with Gasteiger partial charge in [0.05, 0.1) is 6.61 Å². The number of ether oxygens (including phenoxy) is 1. The number of rotatable bonds is 3. The molecule has 2 N–H and O–H groups in total. The highest BCUT2D eigenvalue weighted by Crippen LogP contribution is 2.33. The van der Waals surface area contributed by atoms with E-state index in [0.29, 0.717) is 19.7 Å². The molecule has 23 heavy (non-hydrogen) atoms. The van der Waals surface area contributed by atoms with Gasteiger partial charge >= 0.3 is 6.03 Å². The highest BCUT2D eigenvalue weighted by Gasteiger charge is 2.29. The lowest BCUT2D eigenvalue weighted by Crippen LogP contribution is -2.41. The van der Waals surface area contributed by atoms with Crippen LogP contribution in [0.4, 0.5) is 9.18 Å². The highest BCUT2D eigenvalue weighted by molar-refractivity contribution is 5.74. The maximum absolute atomic E-state index is 13.6. The van der Waals surface area contributed by atoms with Gasteiger partial charge in [-0.3, -0.25) is 0 Å². The van der Waals surface area contributed by atoms with Crippen LogP contribution in [-0.4, -0.2) is 43.2 Å². The summed E-state index contributed by atoms with van der Waals surface area (Å²) in [6, 6.07) is 5.01. The van der Waals surface area contributed by atoms with Gasteiger partial charge in [0.15, 0.2) is 0 Å². The van der Waals surface area contributed by atoms with Crippen molar-refractivity contribution in [3.8, 4) is 5.75 Å². The number of hydrogen-bond acceptors (Lipinski definition) is 3. The largest absolute Gasteiger partial charge is 0.493 e. The zero-order chi connectivity index (χ0) is 16.2. The summed E-state index contributed by atoms with van der Waals surface area (Å²) in [4.78, 5) is 13.7. The number of carbonyl (C=O) groups is 1. The number of nitrogens with one attached hydrogen (secondary N) is 2. The number of amides is 2. The Morgan fingerprint density at radius 2 is 2.30 bits per heavy atom. The lowest BCUT2D eigenvalue weighted by molar-refractivity contribution is 0.208. The van der Waals surface area contributed by atoms with Crippen LogP contribution in [0.25, 0.3) is 0 Å². The first-order valence-corrected chi connectivity index (χ1v) is 8.38. The number of urea groups is 1. The summed E-state index contributed by atoms with van der Waals surface area (Å²) in [7, 11) is 0. The predicted octanol–water partition coefficient (Wildman–Crippen LogP) is 2.43. The maximum atomic E-state index is 13.6. The van der Waals surface area contributed by atoms with Crippen molar-refractivity contribution in [1.82, 2.24) is 15.5 Å². The molecule has 5 nitrogen and oxygen atoms in total. The van der Waals surface area contributed by atoms with Gasteiger partial charge < -0.3 is 20.3 Å². The Morgan fingerprint density at radius 1 is 1.43 bits per heavy atom. The van der Waals surface area contributed by atoms with Gasteiger partial charge in [-0.05, 0) is 44.4 Å². The van der Waals surface area contributed by atoms with Crippen molar-refractivity contribution >= 4 is 6.03 Å². The molecule has 0 bridgehead atoms. The molecule has 0 saturated carbocycles. The van der Waals surface area contributed by atoms with Crippen LogP contribution >= 0.6 is 0 Å². The van der Waals surface area contributed by atoms with Crippen molar-refractivity contribution in [2.45, 2.75) is 38.3 Å². The molecule has 1 saturated heterocycles. The van der Waals surface area contributed by atoms with E-state index in [-0.39, 0.29) is 23.9 Å². The Hall–Kier alpha value is -1.82. The molecule has 2 amide bonds. The van der Waals surface area contributed by atoms with Gasteiger partial charge in [0.1, 0.15) is 11.6 Å². The summed E-state index contributed by atoms with van der Waals surface area (Å²) in [5.74, 6) is 0.524. The molecular formula is C17H24FN3O2. The normalized spacial score (nSPS) is 23.8. The quantitative estimate of drug-likeness (QED) is 0.899. The van der Waals surface area contributed by atoms with Crippen molar-refractivity contribution in [2.75, 3.05) is 26.2 Å². The first kappa shape index (κ1) is 16.1. The molecule has 6 heteroatoms. The second kappa shape index (κ2) is 7.17. The molecule has 0 aromatic heterocycles. The second-order valence-electron chi connectivity index (χ2n) is 6.16. The van der Waals surface area contributed by atoms with Gasteiger partial charge in [-0.2, -0.15) is 0 Å². The van der Waals surface area contributed by atoms with E-state index in [1.807, 2.05) is 11.8 Å². The number of benzene rings is 1. The Morgan fingerprint density at radius 3 is 3.13 bits per heavy atom. The lowest BCUT2D eigenvalue weighted by atomic mass is 10.0. The van der Waals surface area contributed by atoms with Crippen LogP contribution in [0, 0.1) is 5.82 Å². The molecule has 3 rings (SSSR count). The minimum Gasteiger partial charge on any atom is -0.493 e. The maximum Gasteiger partial charge on any atom is 0.317 e. The third-order valence-corrected chi connectivity index (χ3v) is 4.48. The third-order valence-electron chi connectivity index (χ3n) is 4.48. The SMILES string of the molecule is CCNC(=O)N1CC[C@H](N[C@H]2CCCOc3ccc(F)cc32)C1. The van der Waals surface area contributed by atoms with Gasteiger partial charge in [0.25, 0.3) is 0 Å². The van der Waals surface area contributed by atoms with Crippen LogP contribution < -0.4 is 15.4 Å². The summed E-state index contributed by atoms with van der Waals surface area (Å²) in [5, 5.41) is 6.43.